The predicted octanol–water partition coefficient (Wildman–Crippen LogP) is 2.26. The normalized spacial score (nSPS) is 12.3. The molecule has 0 aliphatic carbocycles. The molecule has 3 rings (SSSR count). The lowest BCUT2D eigenvalue weighted by Gasteiger charge is -2.27. The lowest BCUT2D eigenvalue weighted by Crippen LogP contribution is -2.18. The molecule has 1 N–H and O–H groups in total. The van der Waals surface area contributed by atoms with E-state index in [1.165, 1.54) is 0 Å². The average Bonchev–Trinajstić information content (AvgIpc) is 2.54. The molecule has 0 fully saturated rings. The number of hydrogen-bond donors (Lipinski definition) is 1. The third-order valence-electron chi connectivity index (χ3n) is 3.01. The van der Waals surface area contributed by atoms with Gasteiger partial charge in [-0.15, -0.1) is 0 Å². The number of fused-ring (bicyclic) bond motifs is 2. The van der Waals surface area contributed by atoms with Crippen LogP contribution >= 0.6 is 0 Å². The van der Waals surface area contributed by atoms with Gasteiger partial charge in [-0.2, -0.15) is 0 Å². The standard InChI is InChI=1S/C17H11NO2S/c19-13-7-1-6-12-18-14-8-2-4-10-16(14)21(20)17-11-5-3-9-15(17)18/h2-5,8-11,19H,13H2. The van der Waals surface area contributed by atoms with Gasteiger partial charge in [0.05, 0.1) is 32.0 Å². The van der Waals surface area contributed by atoms with E-state index in [0.29, 0.717) is 0 Å². The van der Waals surface area contributed by atoms with Crippen molar-refractivity contribution in [1.82, 2.24) is 0 Å². The van der Waals surface area contributed by atoms with Crippen LogP contribution in [0.2, 0.25) is 0 Å². The Morgan fingerprint density at radius 1 is 0.952 bits per heavy atom. The van der Waals surface area contributed by atoms with E-state index in [4.69, 9.17) is 5.11 Å². The SMILES string of the molecule is O=S1c2ccccc2N(C#CC#CCO)c2ccccc21. The molecule has 21 heavy (non-hydrogen) atoms. The summed E-state index contributed by atoms with van der Waals surface area (Å²) in [5, 5.41) is 8.66. The van der Waals surface area contributed by atoms with Crippen molar-refractivity contribution < 1.29 is 9.32 Å². The molecule has 1 aliphatic rings. The number of rotatable bonds is 0. The molecule has 0 radical (unpaired) electrons. The quantitative estimate of drug-likeness (QED) is 0.758. The van der Waals surface area contributed by atoms with Crippen LogP contribution in [0.5, 0.6) is 0 Å². The van der Waals surface area contributed by atoms with Crippen molar-refractivity contribution in [3.05, 3.63) is 48.5 Å². The van der Waals surface area contributed by atoms with E-state index in [-0.39, 0.29) is 6.61 Å². The van der Waals surface area contributed by atoms with E-state index in [1.54, 1.807) is 4.90 Å². The molecule has 0 aromatic heterocycles. The molecule has 0 saturated heterocycles. The van der Waals surface area contributed by atoms with Gasteiger partial charge in [-0.1, -0.05) is 30.2 Å². The minimum atomic E-state index is -1.21. The molecule has 0 saturated carbocycles. The van der Waals surface area contributed by atoms with Gasteiger partial charge >= 0.3 is 0 Å². The zero-order chi connectivity index (χ0) is 14.7. The van der Waals surface area contributed by atoms with Gasteiger partial charge in [-0.25, -0.2) is 4.21 Å². The molecule has 0 unspecified atom stereocenters. The maximum Gasteiger partial charge on any atom is 0.105 e. The van der Waals surface area contributed by atoms with E-state index in [0.717, 1.165) is 21.2 Å². The second kappa shape index (κ2) is 5.85. The summed E-state index contributed by atoms with van der Waals surface area (Å²) in [6.45, 7) is -0.216. The van der Waals surface area contributed by atoms with Gasteiger partial charge in [0, 0.05) is 12.0 Å². The van der Waals surface area contributed by atoms with Crippen LogP contribution in [0.1, 0.15) is 0 Å². The Kier molecular flexibility index (Phi) is 3.75. The van der Waals surface area contributed by atoms with Crippen molar-refractivity contribution in [1.29, 1.82) is 0 Å². The number of aliphatic hydroxyl groups is 1. The Balaban J connectivity index is 2.17. The Hall–Kier alpha value is -2.53. The van der Waals surface area contributed by atoms with Crippen molar-refractivity contribution in [2.75, 3.05) is 11.5 Å². The van der Waals surface area contributed by atoms with Gasteiger partial charge in [0.1, 0.15) is 6.61 Å². The second-order valence-electron chi connectivity index (χ2n) is 4.24. The van der Waals surface area contributed by atoms with Crippen molar-refractivity contribution in [3.8, 4) is 23.8 Å². The van der Waals surface area contributed by atoms with E-state index in [9.17, 15) is 4.21 Å². The molecule has 1 aliphatic heterocycles. The van der Waals surface area contributed by atoms with Gasteiger partial charge in [-0.05, 0) is 30.2 Å². The van der Waals surface area contributed by atoms with E-state index in [2.05, 4.69) is 23.8 Å². The highest BCUT2D eigenvalue weighted by Crippen LogP contribution is 2.40. The zero-order valence-electron chi connectivity index (χ0n) is 11.0. The lowest BCUT2D eigenvalue weighted by molar-refractivity contribution is 0.350. The minimum Gasteiger partial charge on any atom is -0.384 e. The minimum absolute atomic E-state index is 0.216. The van der Waals surface area contributed by atoms with Crippen LogP contribution in [-0.2, 0) is 10.8 Å². The van der Waals surface area contributed by atoms with Crippen LogP contribution in [0.15, 0.2) is 58.3 Å². The number of benzene rings is 2. The van der Waals surface area contributed by atoms with Crippen LogP contribution in [0, 0.1) is 23.8 Å². The van der Waals surface area contributed by atoms with Crippen molar-refractivity contribution in [3.63, 3.8) is 0 Å². The third kappa shape index (κ3) is 2.43. The smallest absolute Gasteiger partial charge is 0.105 e. The molecular formula is C17H11NO2S. The second-order valence-corrected chi connectivity index (χ2v) is 5.65. The van der Waals surface area contributed by atoms with Gasteiger partial charge in [0.2, 0.25) is 0 Å². The molecule has 3 nitrogen and oxygen atoms in total. The van der Waals surface area contributed by atoms with Gasteiger partial charge in [-0.3, -0.25) is 4.90 Å². The maximum atomic E-state index is 12.6. The Labute approximate surface area is 125 Å². The predicted molar refractivity (Wildman–Crippen MR) is 82.3 cm³/mol. The maximum absolute atomic E-state index is 12.6. The first-order valence-corrected chi connectivity index (χ1v) is 7.47. The van der Waals surface area contributed by atoms with Gasteiger partial charge < -0.3 is 5.11 Å². The zero-order valence-corrected chi connectivity index (χ0v) is 11.9. The highest BCUT2D eigenvalue weighted by atomic mass is 32.2. The van der Waals surface area contributed by atoms with Gasteiger partial charge in [0.15, 0.2) is 0 Å². The van der Waals surface area contributed by atoms with E-state index in [1.807, 2.05) is 48.5 Å². The summed E-state index contributed by atoms with van der Waals surface area (Å²) in [6.07, 6.45) is 0. The fourth-order valence-corrected chi connectivity index (χ4v) is 3.47. The number of aliphatic hydroxyl groups excluding tert-OH is 1. The van der Waals surface area contributed by atoms with Crippen molar-refractivity contribution >= 4 is 22.2 Å². The number of hydrogen-bond acceptors (Lipinski definition) is 3. The number of nitrogens with zero attached hydrogens (tertiary/aromatic N) is 1. The summed E-state index contributed by atoms with van der Waals surface area (Å²) >= 11 is 0. The van der Waals surface area contributed by atoms with E-state index >= 15 is 0 Å². The van der Waals surface area contributed by atoms with Crippen LogP contribution in [0.4, 0.5) is 11.4 Å². The van der Waals surface area contributed by atoms with Gasteiger partial charge in [0.25, 0.3) is 0 Å². The molecule has 0 bridgehead atoms. The molecule has 2 aromatic carbocycles. The fourth-order valence-electron chi connectivity index (χ4n) is 2.13. The summed E-state index contributed by atoms with van der Waals surface area (Å²) in [7, 11) is -1.21. The molecule has 1 heterocycles. The molecule has 2 aromatic rings. The first-order chi connectivity index (χ1) is 10.3. The van der Waals surface area contributed by atoms with Crippen molar-refractivity contribution in [2.24, 2.45) is 0 Å². The lowest BCUT2D eigenvalue weighted by atomic mass is 10.2. The topological polar surface area (TPSA) is 40.5 Å². The highest BCUT2D eigenvalue weighted by molar-refractivity contribution is 7.85. The first kappa shape index (κ1) is 13.5. The van der Waals surface area contributed by atoms with Crippen LogP contribution in [0.3, 0.4) is 0 Å². The summed E-state index contributed by atoms with van der Waals surface area (Å²) in [4.78, 5) is 3.26. The summed E-state index contributed by atoms with van der Waals surface area (Å²) in [6, 6.07) is 17.9. The monoisotopic (exact) mass is 293 g/mol. The molecule has 0 spiro atoms. The third-order valence-corrected chi connectivity index (χ3v) is 4.50. The fraction of sp³-hybridized carbons (Fsp3) is 0.0588. The average molecular weight is 293 g/mol. The van der Waals surface area contributed by atoms with E-state index < -0.39 is 10.8 Å². The summed E-state index contributed by atoms with van der Waals surface area (Å²) < 4.78 is 12.6. The number of anilines is 2. The molecule has 102 valence electrons. The largest absolute Gasteiger partial charge is 0.384 e. The van der Waals surface area contributed by atoms with Crippen LogP contribution < -0.4 is 4.90 Å². The Bertz CT molecular complexity index is 787. The Morgan fingerprint density at radius 2 is 1.52 bits per heavy atom. The van der Waals surface area contributed by atoms with Crippen LogP contribution in [0.25, 0.3) is 0 Å². The molecule has 4 heteroatoms. The van der Waals surface area contributed by atoms with Crippen molar-refractivity contribution in [2.45, 2.75) is 9.79 Å². The molecular weight excluding hydrogens is 282 g/mol. The highest BCUT2D eigenvalue weighted by Gasteiger charge is 2.26. The summed E-state index contributed by atoms with van der Waals surface area (Å²) in [5.41, 5.74) is 1.60. The molecule has 0 atom stereocenters. The molecule has 0 amide bonds. The Morgan fingerprint density at radius 3 is 2.10 bits per heavy atom. The van der Waals surface area contributed by atoms with Crippen LogP contribution in [-0.4, -0.2) is 15.9 Å². The summed E-state index contributed by atoms with van der Waals surface area (Å²) in [5.74, 6) is 7.77. The number of para-hydroxylation sites is 2. The first-order valence-electron chi connectivity index (χ1n) is 6.32.